The number of esters is 1. The number of aliphatic imine (C=N–C) groups is 1. The standard InChI is InChI=1S/C18H12N4O6S2/c1-27-8-4-2-7(3-5-8)10-11-13-20-21-14(24)16(25)22(13)30-18(11)28-17(26)12(10)15-19-9(23)6-29-15/h2-5,11,18H,6H2,1H3,(H,21,24). The van der Waals surface area contributed by atoms with Gasteiger partial charge in [0.15, 0.2) is 11.3 Å². The number of nitrogens with one attached hydrogen (secondary N) is 1. The summed E-state index contributed by atoms with van der Waals surface area (Å²) in [5.74, 6) is -0.626. The summed E-state index contributed by atoms with van der Waals surface area (Å²) in [5, 5.41) is 6.52. The van der Waals surface area contributed by atoms with Crippen LogP contribution in [0.2, 0.25) is 0 Å². The van der Waals surface area contributed by atoms with E-state index in [9.17, 15) is 19.2 Å². The van der Waals surface area contributed by atoms with Gasteiger partial charge in [0.2, 0.25) is 0 Å². The molecule has 5 rings (SSSR count). The van der Waals surface area contributed by atoms with E-state index >= 15 is 0 Å². The number of rotatable bonds is 3. The van der Waals surface area contributed by atoms with Crippen molar-refractivity contribution in [3.8, 4) is 5.75 Å². The van der Waals surface area contributed by atoms with Gasteiger partial charge < -0.3 is 9.47 Å². The van der Waals surface area contributed by atoms with Crippen LogP contribution < -0.4 is 15.9 Å². The fraction of sp³-hybridized carbons (Fsp3) is 0.222. The van der Waals surface area contributed by atoms with Crippen LogP contribution in [-0.2, 0) is 14.3 Å². The highest BCUT2D eigenvalue weighted by Gasteiger charge is 2.49. The van der Waals surface area contributed by atoms with Crippen molar-refractivity contribution in [2.45, 2.75) is 11.4 Å². The molecule has 1 aromatic carbocycles. The van der Waals surface area contributed by atoms with Gasteiger partial charge >= 0.3 is 17.1 Å². The molecule has 0 spiro atoms. The number of methoxy groups -OCH3 is 1. The lowest BCUT2D eigenvalue weighted by atomic mass is 9.86. The van der Waals surface area contributed by atoms with Crippen LogP contribution in [0.4, 0.5) is 0 Å². The zero-order chi connectivity index (χ0) is 21.0. The first-order chi connectivity index (χ1) is 14.5. The van der Waals surface area contributed by atoms with E-state index < -0.39 is 28.4 Å². The van der Waals surface area contributed by atoms with E-state index in [4.69, 9.17) is 9.47 Å². The Morgan fingerprint density at radius 1 is 1.20 bits per heavy atom. The predicted molar refractivity (Wildman–Crippen MR) is 110 cm³/mol. The van der Waals surface area contributed by atoms with Crippen molar-refractivity contribution >= 4 is 46.2 Å². The molecule has 30 heavy (non-hydrogen) atoms. The first-order valence-corrected chi connectivity index (χ1v) is 10.5. The zero-order valence-corrected chi connectivity index (χ0v) is 16.9. The molecule has 0 aliphatic carbocycles. The molecule has 2 aromatic rings. The summed E-state index contributed by atoms with van der Waals surface area (Å²) in [5.41, 5.74) is -1.11. The highest BCUT2D eigenvalue weighted by Crippen LogP contribution is 2.50. The molecule has 152 valence electrons. The van der Waals surface area contributed by atoms with E-state index in [-0.39, 0.29) is 28.1 Å². The van der Waals surface area contributed by atoms with E-state index in [1.54, 1.807) is 31.4 Å². The van der Waals surface area contributed by atoms with Crippen molar-refractivity contribution in [2.75, 3.05) is 12.9 Å². The van der Waals surface area contributed by atoms with E-state index in [1.165, 1.54) is 0 Å². The lowest BCUT2D eigenvalue weighted by Gasteiger charge is -2.28. The molecule has 1 N–H and O–H groups in total. The van der Waals surface area contributed by atoms with Crippen LogP contribution in [0, 0.1) is 0 Å². The Morgan fingerprint density at radius 2 is 1.97 bits per heavy atom. The van der Waals surface area contributed by atoms with Gasteiger partial charge in [-0.05, 0) is 23.3 Å². The number of benzene rings is 1. The number of hydrogen-bond acceptors (Lipinski definition) is 9. The SMILES string of the molecule is COc1ccc(C2=C(C3=NC(=O)CS3)C(=O)OC3Sn4c(n[nH]c(=O)c4=O)C23)cc1. The Hall–Kier alpha value is -3.12. The monoisotopic (exact) mass is 444 g/mol. The number of ether oxygens (including phenoxy) is 2. The predicted octanol–water partition coefficient (Wildman–Crippen LogP) is 0.542. The number of carbonyl (C=O) groups is 2. The van der Waals surface area contributed by atoms with E-state index in [1.807, 2.05) is 0 Å². The molecule has 0 fully saturated rings. The minimum atomic E-state index is -0.868. The quantitative estimate of drug-likeness (QED) is 0.532. The molecule has 0 saturated heterocycles. The maximum Gasteiger partial charge on any atom is 0.342 e. The summed E-state index contributed by atoms with van der Waals surface area (Å²) in [6.45, 7) is 0. The van der Waals surface area contributed by atoms with Crippen LogP contribution in [0.25, 0.3) is 5.57 Å². The van der Waals surface area contributed by atoms with Crippen LogP contribution in [0.3, 0.4) is 0 Å². The third-order valence-electron chi connectivity index (χ3n) is 4.80. The Balaban J connectivity index is 1.78. The summed E-state index contributed by atoms with van der Waals surface area (Å²) >= 11 is 2.07. The Kier molecular flexibility index (Phi) is 4.40. The molecule has 2 unspecified atom stereocenters. The number of nitrogens with zero attached hydrogens (tertiary/aromatic N) is 3. The lowest BCUT2D eigenvalue weighted by Crippen LogP contribution is -2.36. The second kappa shape index (κ2) is 6.99. The number of aromatic nitrogens is 3. The topological polar surface area (TPSA) is 133 Å². The summed E-state index contributed by atoms with van der Waals surface area (Å²) < 4.78 is 11.9. The van der Waals surface area contributed by atoms with E-state index in [2.05, 4.69) is 15.2 Å². The number of fused-ring (bicyclic) bond motifs is 3. The number of amides is 1. The summed E-state index contributed by atoms with van der Waals surface area (Å²) in [6.07, 6.45) is 0. The maximum absolute atomic E-state index is 12.9. The number of aromatic amines is 1. The van der Waals surface area contributed by atoms with Crippen molar-refractivity contribution in [2.24, 2.45) is 4.99 Å². The van der Waals surface area contributed by atoms with Crippen LogP contribution in [-0.4, -0.2) is 49.4 Å². The first kappa shape index (κ1) is 18.9. The highest BCUT2D eigenvalue weighted by atomic mass is 32.2. The van der Waals surface area contributed by atoms with Crippen molar-refractivity contribution < 1.29 is 19.1 Å². The largest absolute Gasteiger partial charge is 0.497 e. The van der Waals surface area contributed by atoms with Gasteiger partial charge in [-0.25, -0.2) is 18.9 Å². The Bertz CT molecular complexity index is 1280. The first-order valence-electron chi connectivity index (χ1n) is 8.71. The highest BCUT2D eigenvalue weighted by molar-refractivity contribution is 8.15. The fourth-order valence-corrected chi connectivity index (χ4v) is 5.49. The van der Waals surface area contributed by atoms with Gasteiger partial charge in [0.1, 0.15) is 10.8 Å². The Morgan fingerprint density at radius 3 is 2.63 bits per heavy atom. The van der Waals surface area contributed by atoms with Crippen LogP contribution >= 0.6 is 23.7 Å². The molecule has 1 aromatic heterocycles. The van der Waals surface area contributed by atoms with Crippen LogP contribution in [0.5, 0.6) is 5.75 Å². The van der Waals surface area contributed by atoms with Gasteiger partial charge in [0.05, 0.1) is 24.4 Å². The van der Waals surface area contributed by atoms with Crippen molar-refractivity contribution in [1.82, 2.24) is 14.2 Å². The third-order valence-corrected chi connectivity index (χ3v) is 6.90. The summed E-state index contributed by atoms with van der Waals surface area (Å²) in [4.78, 5) is 52.7. The van der Waals surface area contributed by atoms with Crippen molar-refractivity contribution in [1.29, 1.82) is 0 Å². The van der Waals surface area contributed by atoms with E-state index in [0.29, 0.717) is 16.9 Å². The number of thioether (sulfide) groups is 1. The molecule has 0 bridgehead atoms. The van der Waals surface area contributed by atoms with Crippen molar-refractivity contribution in [3.63, 3.8) is 0 Å². The summed E-state index contributed by atoms with van der Waals surface area (Å²) in [7, 11) is 1.54. The van der Waals surface area contributed by atoms with Crippen LogP contribution in [0.1, 0.15) is 17.3 Å². The lowest BCUT2D eigenvalue weighted by molar-refractivity contribution is -0.140. The average Bonchev–Trinajstić information content (AvgIpc) is 3.33. The molecule has 2 atom stereocenters. The second-order valence-corrected chi connectivity index (χ2v) is 8.49. The number of hydrogen-bond donors (Lipinski definition) is 1. The smallest absolute Gasteiger partial charge is 0.342 e. The fourth-order valence-electron chi connectivity index (χ4n) is 3.50. The molecule has 10 nitrogen and oxygen atoms in total. The molecule has 3 aliphatic heterocycles. The van der Waals surface area contributed by atoms with Gasteiger partial charge in [-0.3, -0.25) is 14.4 Å². The molecular weight excluding hydrogens is 432 g/mol. The molecule has 1 amide bonds. The van der Waals surface area contributed by atoms with Crippen LogP contribution in [0.15, 0.2) is 44.4 Å². The van der Waals surface area contributed by atoms with Gasteiger partial charge in [0, 0.05) is 11.9 Å². The van der Waals surface area contributed by atoms with Gasteiger partial charge in [0.25, 0.3) is 5.91 Å². The van der Waals surface area contributed by atoms with Crippen molar-refractivity contribution in [3.05, 3.63) is 61.9 Å². The van der Waals surface area contributed by atoms with Gasteiger partial charge in [-0.2, -0.15) is 5.10 Å². The molecule has 0 saturated carbocycles. The molecule has 4 heterocycles. The van der Waals surface area contributed by atoms with Gasteiger partial charge in [-0.1, -0.05) is 23.9 Å². The number of carbonyl (C=O) groups excluding carboxylic acids is 2. The molecular formula is C18H12N4O6S2. The summed E-state index contributed by atoms with van der Waals surface area (Å²) in [6, 6.07) is 7.00. The maximum atomic E-state index is 12.9. The normalized spacial score (nSPS) is 22.5. The van der Waals surface area contributed by atoms with Gasteiger partial charge in [-0.15, -0.1) is 0 Å². The number of H-pyrrole nitrogens is 1. The third kappa shape index (κ3) is 2.82. The average molecular weight is 444 g/mol. The molecule has 3 aliphatic rings. The minimum Gasteiger partial charge on any atom is -0.497 e. The van der Waals surface area contributed by atoms with E-state index in [0.717, 1.165) is 27.7 Å². The molecule has 0 radical (unpaired) electrons. The minimum absolute atomic E-state index is 0.131. The second-order valence-electron chi connectivity index (χ2n) is 6.48. The Labute approximate surface area is 176 Å². The molecule has 12 heteroatoms. The zero-order valence-electron chi connectivity index (χ0n) is 15.3.